The summed E-state index contributed by atoms with van der Waals surface area (Å²) in [5.74, 6) is -1.27. The van der Waals surface area contributed by atoms with Gasteiger partial charge in [0, 0.05) is 23.2 Å². The molecule has 0 bridgehead atoms. The maximum atomic E-state index is 12.6. The summed E-state index contributed by atoms with van der Waals surface area (Å²) >= 11 is 0. The molecule has 2 aromatic heterocycles. The Morgan fingerprint density at radius 3 is 2.80 bits per heavy atom. The second kappa shape index (κ2) is 6.78. The summed E-state index contributed by atoms with van der Waals surface area (Å²) in [5.41, 5.74) is 1.31. The van der Waals surface area contributed by atoms with E-state index in [-0.39, 0.29) is 22.7 Å². The van der Waals surface area contributed by atoms with Gasteiger partial charge >= 0.3 is 5.97 Å². The molecule has 25 heavy (non-hydrogen) atoms. The highest BCUT2D eigenvalue weighted by molar-refractivity contribution is 6.19. The molecule has 3 aromatic rings. The Morgan fingerprint density at radius 2 is 2.08 bits per heavy atom. The fourth-order valence-electron chi connectivity index (χ4n) is 2.50. The lowest BCUT2D eigenvalue weighted by Gasteiger charge is -2.09. The Labute approximate surface area is 140 Å². The number of benzene rings is 1. The average Bonchev–Trinajstić information content (AvgIpc) is 3.03. The number of nitrogens with two attached hydrogens (primary N) is 1. The number of carboxylic acid groups (broad SMARTS) is 1. The molecule has 0 aliphatic heterocycles. The number of pyridine rings is 1. The summed E-state index contributed by atoms with van der Waals surface area (Å²) < 4.78 is 30.5. The molecule has 6 nitrogen and oxygen atoms in total. The highest BCUT2D eigenvalue weighted by Crippen LogP contribution is 2.25. The van der Waals surface area contributed by atoms with Gasteiger partial charge < -0.3 is 14.8 Å². The Hall–Kier alpha value is -3.13. The van der Waals surface area contributed by atoms with Crippen molar-refractivity contribution in [2.45, 2.75) is 6.43 Å². The molecular formula is C17H14F2N3O3+. The third-order valence-corrected chi connectivity index (χ3v) is 3.69. The topological polar surface area (TPSA) is 104 Å². The summed E-state index contributed by atoms with van der Waals surface area (Å²) in [6.45, 7) is -0.546. The van der Waals surface area contributed by atoms with Crippen LogP contribution in [0.15, 0.2) is 47.2 Å². The quantitative estimate of drug-likeness (QED) is 0.596. The fourth-order valence-corrected chi connectivity index (χ4v) is 2.50. The van der Waals surface area contributed by atoms with Gasteiger partial charge in [-0.25, -0.2) is 18.6 Å². The van der Waals surface area contributed by atoms with Gasteiger partial charge in [-0.05, 0) is 6.07 Å². The average molecular weight is 346 g/mol. The molecule has 2 heterocycles. The van der Waals surface area contributed by atoms with Crippen LogP contribution in [-0.4, -0.2) is 34.7 Å². The molecule has 0 aliphatic rings. The van der Waals surface area contributed by atoms with E-state index in [2.05, 4.69) is 4.98 Å². The van der Waals surface area contributed by atoms with Crippen molar-refractivity contribution in [3.05, 3.63) is 59.6 Å². The summed E-state index contributed by atoms with van der Waals surface area (Å²) in [7, 11) is 0. The number of halogens is 2. The zero-order valence-corrected chi connectivity index (χ0v) is 12.9. The van der Waals surface area contributed by atoms with Gasteiger partial charge in [0.25, 0.3) is 6.43 Å². The van der Waals surface area contributed by atoms with Crippen LogP contribution in [0.5, 0.6) is 0 Å². The predicted octanol–water partition coefficient (Wildman–Crippen LogP) is 2.40. The van der Waals surface area contributed by atoms with Crippen molar-refractivity contribution >= 4 is 28.3 Å². The third-order valence-electron chi connectivity index (χ3n) is 3.69. The maximum absolute atomic E-state index is 12.6. The number of carbonyl (C=O) groups is 1. The summed E-state index contributed by atoms with van der Waals surface area (Å²) in [6.07, 6.45) is 0.0538. The molecule has 0 amide bonds. The van der Waals surface area contributed by atoms with Crippen molar-refractivity contribution in [2.75, 3.05) is 6.54 Å². The number of para-hydroxylation sites is 1. The molecule has 0 saturated carbocycles. The van der Waals surface area contributed by atoms with Crippen LogP contribution >= 0.6 is 0 Å². The minimum atomic E-state index is -2.57. The van der Waals surface area contributed by atoms with Gasteiger partial charge in [0.1, 0.15) is 24.1 Å². The molecule has 8 heteroatoms. The van der Waals surface area contributed by atoms with E-state index in [4.69, 9.17) is 14.9 Å². The Morgan fingerprint density at radius 1 is 1.32 bits per heavy atom. The van der Waals surface area contributed by atoms with Crippen LogP contribution in [0.4, 0.5) is 14.5 Å². The van der Waals surface area contributed by atoms with Crippen molar-refractivity contribution in [3.63, 3.8) is 0 Å². The Balaban J connectivity index is 2.05. The van der Waals surface area contributed by atoms with Crippen LogP contribution < -0.4 is 5.32 Å². The molecule has 1 aromatic carbocycles. The summed E-state index contributed by atoms with van der Waals surface area (Å²) in [4.78, 5) is 14.9. The molecule has 0 aliphatic carbocycles. The second-order valence-corrected chi connectivity index (χ2v) is 5.31. The van der Waals surface area contributed by atoms with Crippen LogP contribution in [-0.2, 0) is 0 Å². The minimum absolute atomic E-state index is 0.0231. The van der Waals surface area contributed by atoms with Gasteiger partial charge in [-0.3, -0.25) is 5.41 Å². The maximum Gasteiger partial charge on any atom is 0.354 e. The van der Waals surface area contributed by atoms with E-state index in [1.165, 1.54) is 23.8 Å². The first-order valence-corrected chi connectivity index (χ1v) is 7.37. The lowest BCUT2D eigenvalue weighted by Crippen LogP contribution is -2.80. The van der Waals surface area contributed by atoms with Crippen LogP contribution in [0.3, 0.4) is 0 Å². The molecule has 0 fully saturated rings. The number of furan rings is 1. The Bertz CT molecular complexity index is 953. The van der Waals surface area contributed by atoms with Gasteiger partial charge in [0.05, 0.1) is 11.3 Å². The molecule has 4 N–H and O–H groups in total. The van der Waals surface area contributed by atoms with Crippen molar-refractivity contribution < 1.29 is 28.4 Å². The van der Waals surface area contributed by atoms with Crippen LogP contribution in [0.1, 0.15) is 21.6 Å². The number of quaternary nitrogens is 1. The highest BCUT2D eigenvalue weighted by Gasteiger charge is 2.21. The second-order valence-electron chi connectivity index (χ2n) is 5.31. The molecule has 0 radical (unpaired) electrons. The van der Waals surface area contributed by atoms with Crippen LogP contribution in [0.25, 0.3) is 11.0 Å². The number of rotatable bonds is 6. The molecule has 0 atom stereocenters. The van der Waals surface area contributed by atoms with Gasteiger partial charge in [-0.15, -0.1) is 0 Å². The monoisotopic (exact) mass is 346 g/mol. The van der Waals surface area contributed by atoms with Crippen molar-refractivity contribution in [1.82, 2.24) is 4.98 Å². The summed E-state index contributed by atoms with van der Waals surface area (Å²) in [6, 6.07) is 8.32. The number of alkyl halides is 2. The molecular weight excluding hydrogens is 332 g/mol. The molecule has 0 spiro atoms. The van der Waals surface area contributed by atoms with Crippen LogP contribution in [0, 0.1) is 5.41 Å². The molecule has 0 unspecified atom stereocenters. The normalized spacial score (nSPS) is 11.2. The van der Waals surface area contributed by atoms with E-state index in [0.29, 0.717) is 16.5 Å². The van der Waals surface area contributed by atoms with Gasteiger partial charge in [0.2, 0.25) is 0 Å². The van der Waals surface area contributed by atoms with E-state index < -0.39 is 18.9 Å². The van der Waals surface area contributed by atoms with Crippen molar-refractivity contribution in [2.24, 2.45) is 0 Å². The van der Waals surface area contributed by atoms with E-state index >= 15 is 0 Å². The lowest BCUT2D eigenvalue weighted by molar-refractivity contribution is -0.582. The fraction of sp³-hybridized carbons (Fsp3) is 0.118. The zero-order valence-electron chi connectivity index (χ0n) is 12.9. The number of aromatic carboxylic acids is 1. The van der Waals surface area contributed by atoms with Gasteiger partial charge in [0.15, 0.2) is 5.69 Å². The first kappa shape index (κ1) is 16.7. The van der Waals surface area contributed by atoms with Gasteiger partial charge in [-0.1, -0.05) is 18.2 Å². The largest absolute Gasteiger partial charge is 0.477 e. The molecule has 128 valence electrons. The smallest absolute Gasteiger partial charge is 0.354 e. The number of hydrogen-bond acceptors (Lipinski definition) is 4. The lowest BCUT2D eigenvalue weighted by atomic mass is 10.0. The van der Waals surface area contributed by atoms with Crippen molar-refractivity contribution in [3.8, 4) is 0 Å². The number of fused-ring (bicyclic) bond motifs is 1. The van der Waals surface area contributed by atoms with E-state index in [0.717, 1.165) is 0 Å². The SMILES string of the molecule is N=C(c1cnc(C(=O)O)cc1[NH2+]CC(F)F)c1coc2ccccc12. The van der Waals surface area contributed by atoms with Gasteiger partial charge in [-0.2, -0.15) is 0 Å². The Kier molecular flexibility index (Phi) is 4.53. The zero-order chi connectivity index (χ0) is 18.0. The standard InChI is InChI=1S/C17H13F2N3O3/c18-15(19)7-22-12-5-13(17(23)24)21-6-10(12)16(20)11-8-25-14-4-2-1-3-9(11)14/h1-6,8,15,20H,7H2,(H,21,22)(H,23,24)/p+1. The van der Waals surface area contributed by atoms with E-state index in [1.807, 2.05) is 0 Å². The third kappa shape index (κ3) is 3.38. The molecule has 0 saturated heterocycles. The first-order chi connectivity index (χ1) is 12.0. The number of carboxylic acids is 1. The number of nitrogens with one attached hydrogen (secondary N) is 1. The highest BCUT2D eigenvalue weighted by atomic mass is 19.3. The molecule has 3 rings (SSSR count). The van der Waals surface area contributed by atoms with Crippen molar-refractivity contribution in [1.29, 1.82) is 5.41 Å². The van der Waals surface area contributed by atoms with Crippen LogP contribution in [0.2, 0.25) is 0 Å². The number of hydrogen-bond donors (Lipinski definition) is 3. The minimum Gasteiger partial charge on any atom is -0.477 e. The number of aromatic nitrogens is 1. The van der Waals surface area contributed by atoms with E-state index in [9.17, 15) is 13.6 Å². The number of nitrogens with zero attached hydrogens (tertiary/aromatic N) is 1. The first-order valence-electron chi connectivity index (χ1n) is 7.37. The van der Waals surface area contributed by atoms with E-state index in [1.54, 1.807) is 24.3 Å². The summed E-state index contributed by atoms with van der Waals surface area (Å²) in [5, 5.41) is 19.4. The predicted molar refractivity (Wildman–Crippen MR) is 85.8 cm³/mol.